The topological polar surface area (TPSA) is 66.5 Å². The summed E-state index contributed by atoms with van der Waals surface area (Å²) in [5.74, 6) is 1.32. The van der Waals surface area contributed by atoms with E-state index in [9.17, 15) is 0 Å². The first kappa shape index (κ1) is 4.87. The van der Waals surface area contributed by atoms with Crippen molar-refractivity contribution in [1.29, 1.82) is 0 Å². The number of tetrazole rings is 1. The summed E-state index contributed by atoms with van der Waals surface area (Å²) in [5.41, 5.74) is 0. The Labute approximate surface area is 51.8 Å². The van der Waals surface area contributed by atoms with Crippen molar-refractivity contribution >= 4 is 0 Å². The summed E-state index contributed by atoms with van der Waals surface area (Å²) in [5, 5.41) is 16.7. The molecule has 5 heteroatoms. The number of aromatic nitrogens is 4. The summed E-state index contributed by atoms with van der Waals surface area (Å²) in [4.78, 5) is 0. The van der Waals surface area contributed by atoms with Crippen LogP contribution in [0.3, 0.4) is 0 Å². The van der Waals surface area contributed by atoms with E-state index in [1.165, 1.54) is 0 Å². The second-order valence-electron chi connectivity index (χ2n) is 2.13. The molecule has 1 aliphatic rings. The van der Waals surface area contributed by atoms with Gasteiger partial charge in [0.15, 0.2) is 5.82 Å². The molecule has 9 heavy (non-hydrogen) atoms. The predicted octanol–water partition coefficient (Wildman–Crippen LogP) is -1.11. The summed E-state index contributed by atoms with van der Waals surface area (Å²) in [6.45, 7) is 1.97. The maximum absolute atomic E-state index is 3.85. The fourth-order valence-corrected chi connectivity index (χ4v) is 0.814. The van der Waals surface area contributed by atoms with Crippen molar-refractivity contribution in [3.05, 3.63) is 5.82 Å². The monoisotopic (exact) mass is 125 g/mol. The molecule has 48 valence electrons. The molecule has 2 N–H and O–H groups in total. The van der Waals surface area contributed by atoms with E-state index in [2.05, 4.69) is 25.9 Å². The quantitative estimate of drug-likeness (QED) is 0.499. The summed E-state index contributed by atoms with van der Waals surface area (Å²) in [6.07, 6.45) is 0. The SMILES string of the molecule is C1NCC1c1nn[nH]n1. The van der Waals surface area contributed by atoms with Crippen molar-refractivity contribution in [2.75, 3.05) is 13.1 Å². The molecule has 0 bridgehead atoms. The van der Waals surface area contributed by atoms with Crippen molar-refractivity contribution < 1.29 is 0 Å². The van der Waals surface area contributed by atoms with Gasteiger partial charge in [-0.15, -0.1) is 10.2 Å². The zero-order chi connectivity index (χ0) is 6.10. The minimum atomic E-state index is 0.490. The van der Waals surface area contributed by atoms with Crippen molar-refractivity contribution in [2.45, 2.75) is 5.92 Å². The van der Waals surface area contributed by atoms with E-state index in [1.807, 2.05) is 0 Å². The second-order valence-corrected chi connectivity index (χ2v) is 2.13. The third-order valence-corrected chi connectivity index (χ3v) is 1.51. The molecule has 0 radical (unpaired) electrons. The lowest BCUT2D eigenvalue weighted by Gasteiger charge is -2.23. The number of nitrogens with zero attached hydrogens (tertiary/aromatic N) is 3. The predicted molar refractivity (Wildman–Crippen MR) is 29.8 cm³/mol. The van der Waals surface area contributed by atoms with Gasteiger partial charge in [-0.05, 0) is 0 Å². The molecule has 1 saturated heterocycles. The molecule has 0 aliphatic carbocycles. The van der Waals surface area contributed by atoms with Crippen LogP contribution in [0.25, 0.3) is 0 Å². The Bertz CT molecular complexity index is 177. The van der Waals surface area contributed by atoms with Crippen molar-refractivity contribution in [3.63, 3.8) is 0 Å². The molecular formula is C4H7N5. The normalized spacial score (nSPS) is 19.6. The van der Waals surface area contributed by atoms with Gasteiger partial charge >= 0.3 is 0 Å². The number of rotatable bonds is 1. The Kier molecular flexibility index (Phi) is 0.955. The molecule has 2 rings (SSSR count). The molecule has 5 nitrogen and oxygen atoms in total. The highest BCUT2D eigenvalue weighted by Crippen LogP contribution is 2.12. The van der Waals surface area contributed by atoms with Crippen LogP contribution in [0.15, 0.2) is 0 Å². The van der Waals surface area contributed by atoms with E-state index in [-0.39, 0.29) is 0 Å². The van der Waals surface area contributed by atoms with Gasteiger partial charge in [0.05, 0.1) is 0 Å². The van der Waals surface area contributed by atoms with Crippen LogP contribution in [0.1, 0.15) is 11.7 Å². The van der Waals surface area contributed by atoms with Gasteiger partial charge in [0, 0.05) is 19.0 Å². The van der Waals surface area contributed by atoms with E-state index >= 15 is 0 Å². The molecule has 1 aromatic heterocycles. The molecule has 0 saturated carbocycles. The zero-order valence-electron chi connectivity index (χ0n) is 4.83. The maximum atomic E-state index is 3.85. The van der Waals surface area contributed by atoms with Crippen molar-refractivity contribution in [3.8, 4) is 0 Å². The Balaban J connectivity index is 2.14. The molecule has 0 atom stereocenters. The Morgan fingerprint density at radius 1 is 1.44 bits per heavy atom. The molecule has 1 fully saturated rings. The first-order valence-corrected chi connectivity index (χ1v) is 2.91. The van der Waals surface area contributed by atoms with Crippen LogP contribution in [-0.4, -0.2) is 33.7 Å². The molecule has 2 heterocycles. The van der Waals surface area contributed by atoms with Crippen LogP contribution in [-0.2, 0) is 0 Å². The standard InChI is InChI=1S/C4H7N5/c1-3(2-5-1)4-6-8-9-7-4/h3,5H,1-2H2,(H,6,7,8,9). The lowest BCUT2D eigenvalue weighted by atomic mass is 10.0. The Morgan fingerprint density at radius 3 is 2.78 bits per heavy atom. The number of hydrogen-bond acceptors (Lipinski definition) is 4. The highest BCUT2D eigenvalue weighted by Gasteiger charge is 2.22. The number of hydrogen-bond donors (Lipinski definition) is 2. The zero-order valence-corrected chi connectivity index (χ0v) is 4.83. The van der Waals surface area contributed by atoms with E-state index < -0.39 is 0 Å². The lowest BCUT2D eigenvalue weighted by molar-refractivity contribution is 0.430. The van der Waals surface area contributed by atoms with Crippen LogP contribution >= 0.6 is 0 Å². The minimum absolute atomic E-state index is 0.490. The van der Waals surface area contributed by atoms with Gasteiger partial charge in [0.2, 0.25) is 0 Å². The molecule has 1 aliphatic heterocycles. The second kappa shape index (κ2) is 1.77. The molecule has 0 unspecified atom stereocenters. The lowest BCUT2D eigenvalue weighted by Crippen LogP contribution is -2.40. The average Bonchev–Trinajstić information content (AvgIpc) is 2.11. The first-order valence-electron chi connectivity index (χ1n) is 2.91. The number of aromatic amines is 1. The van der Waals surface area contributed by atoms with Gasteiger partial charge < -0.3 is 5.32 Å². The largest absolute Gasteiger partial charge is 0.315 e. The summed E-state index contributed by atoms with van der Waals surface area (Å²) in [6, 6.07) is 0. The number of H-pyrrole nitrogens is 1. The molecule has 1 aromatic rings. The molecule has 0 spiro atoms. The van der Waals surface area contributed by atoms with Gasteiger partial charge in [-0.1, -0.05) is 5.21 Å². The highest BCUT2D eigenvalue weighted by atomic mass is 15.5. The van der Waals surface area contributed by atoms with Crippen molar-refractivity contribution in [2.24, 2.45) is 0 Å². The van der Waals surface area contributed by atoms with Crippen LogP contribution < -0.4 is 5.32 Å². The van der Waals surface area contributed by atoms with Crippen molar-refractivity contribution in [1.82, 2.24) is 25.9 Å². The van der Waals surface area contributed by atoms with Gasteiger partial charge in [-0.25, -0.2) is 0 Å². The third kappa shape index (κ3) is 0.692. The summed E-state index contributed by atoms with van der Waals surface area (Å²) in [7, 11) is 0. The van der Waals surface area contributed by atoms with Crippen LogP contribution in [0.2, 0.25) is 0 Å². The maximum Gasteiger partial charge on any atom is 0.180 e. The van der Waals surface area contributed by atoms with Gasteiger partial charge in [-0.3, -0.25) is 0 Å². The minimum Gasteiger partial charge on any atom is -0.315 e. The van der Waals surface area contributed by atoms with Crippen LogP contribution in [0.4, 0.5) is 0 Å². The summed E-state index contributed by atoms with van der Waals surface area (Å²) >= 11 is 0. The third-order valence-electron chi connectivity index (χ3n) is 1.51. The fraction of sp³-hybridized carbons (Fsp3) is 0.750. The Morgan fingerprint density at radius 2 is 2.33 bits per heavy atom. The highest BCUT2D eigenvalue weighted by molar-refractivity contribution is 4.98. The smallest absolute Gasteiger partial charge is 0.180 e. The first-order chi connectivity index (χ1) is 4.47. The fourth-order valence-electron chi connectivity index (χ4n) is 0.814. The van der Waals surface area contributed by atoms with Gasteiger partial charge in [0.25, 0.3) is 0 Å². The number of nitrogens with one attached hydrogen (secondary N) is 2. The van der Waals surface area contributed by atoms with E-state index in [4.69, 9.17) is 0 Å². The van der Waals surface area contributed by atoms with Gasteiger partial charge in [0.1, 0.15) is 0 Å². The van der Waals surface area contributed by atoms with Crippen LogP contribution in [0, 0.1) is 0 Å². The average molecular weight is 125 g/mol. The Hall–Kier alpha value is -0.970. The summed E-state index contributed by atoms with van der Waals surface area (Å²) < 4.78 is 0. The van der Waals surface area contributed by atoms with E-state index in [1.54, 1.807) is 0 Å². The molecule has 0 amide bonds. The van der Waals surface area contributed by atoms with Crippen LogP contribution in [0.5, 0.6) is 0 Å². The van der Waals surface area contributed by atoms with Gasteiger partial charge in [-0.2, -0.15) is 5.21 Å². The van der Waals surface area contributed by atoms with E-state index in [0.717, 1.165) is 18.9 Å². The van der Waals surface area contributed by atoms with E-state index in [0.29, 0.717) is 5.92 Å². The molecular weight excluding hydrogens is 118 g/mol. The molecule has 0 aromatic carbocycles.